The highest BCUT2D eigenvalue weighted by Crippen LogP contribution is 2.16. The summed E-state index contributed by atoms with van der Waals surface area (Å²) in [5.41, 5.74) is 1.59. The SMILES string of the molecule is COC(C)C(Cc1cccc(C)c1)NS(=O)(=O)c1[nH]ncc1C(=O)O. The Morgan fingerprint density at radius 3 is 2.76 bits per heavy atom. The van der Waals surface area contributed by atoms with E-state index in [1.54, 1.807) is 6.92 Å². The number of sulfonamides is 1. The molecule has 3 N–H and O–H groups in total. The van der Waals surface area contributed by atoms with Gasteiger partial charge in [0.2, 0.25) is 0 Å². The van der Waals surface area contributed by atoms with Crippen molar-refractivity contribution < 1.29 is 23.1 Å². The number of benzene rings is 1. The first-order chi connectivity index (χ1) is 11.7. The number of hydrogen-bond donors (Lipinski definition) is 3. The van der Waals surface area contributed by atoms with Crippen molar-refractivity contribution in [2.24, 2.45) is 0 Å². The molecule has 0 aliphatic carbocycles. The lowest BCUT2D eigenvalue weighted by atomic mass is 10.0. The number of H-pyrrole nitrogens is 1. The Hall–Kier alpha value is -2.23. The maximum absolute atomic E-state index is 12.6. The van der Waals surface area contributed by atoms with Crippen LogP contribution in [0, 0.1) is 6.92 Å². The van der Waals surface area contributed by atoms with Gasteiger partial charge in [0, 0.05) is 7.11 Å². The van der Waals surface area contributed by atoms with E-state index in [4.69, 9.17) is 9.84 Å². The highest BCUT2D eigenvalue weighted by Gasteiger charge is 2.30. The fourth-order valence-electron chi connectivity index (χ4n) is 2.45. The van der Waals surface area contributed by atoms with Crippen LogP contribution in [0.4, 0.5) is 0 Å². The smallest absolute Gasteiger partial charge is 0.340 e. The van der Waals surface area contributed by atoms with E-state index in [1.165, 1.54) is 7.11 Å². The Morgan fingerprint density at radius 1 is 1.44 bits per heavy atom. The minimum atomic E-state index is -4.11. The normalized spacial score (nSPS) is 14.2. The van der Waals surface area contributed by atoms with E-state index in [1.807, 2.05) is 31.2 Å². The lowest BCUT2D eigenvalue weighted by Crippen LogP contribution is -2.44. The molecule has 0 saturated carbocycles. The van der Waals surface area contributed by atoms with Crippen LogP contribution in [0.2, 0.25) is 0 Å². The largest absolute Gasteiger partial charge is 0.478 e. The second kappa shape index (κ2) is 7.77. The van der Waals surface area contributed by atoms with E-state index in [2.05, 4.69) is 14.9 Å². The molecule has 136 valence electrons. The summed E-state index contributed by atoms with van der Waals surface area (Å²) in [5, 5.41) is 14.4. The van der Waals surface area contributed by atoms with Crippen LogP contribution in [-0.4, -0.2) is 48.9 Å². The van der Waals surface area contributed by atoms with Crippen LogP contribution < -0.4 is 4.72 Å². The van der Waals surface area contributed by atoms with Crippen LogP contribution >= 0.6 is 0 Å². The molecule has 2 atom stereocenters. The molecule has 8 nitrogen and oxygen atoms in total. The second-order valence-corrected chi connectivity index (χ2v) is 7.43. The molecule has 25 heavy (non-hydrogen) atoms. The molecule has 2 aromatic rings. The number of ether oxygens (including phenoxy) is 1. The summed E-state index contributed by atoms with van der Waals surface area (Å²) in [4.78, 5) is 11.2. The number of aryl methyl sites for hydroxylation is 1. The molecule has 0 amide bonds. The summed E-state index contributed by atoms with van der Waals surface area (Å²) in [6, 6.07) is 7.12. The lowest BCUT2D eigenvalue weighted by Gasteiger charge is -2.24. The predicted molar refractivity (Wildman–Crippen MR) is 91.0 cm³/mol. The standard InChI is InChI=1S/C16H21N3O5S/c1-10-5-4-6-12(7-10)8-14(11(2)24-3)19-25(22,23)15-13(16(20)21)9-17-18-15/h4-7,9,11,14,19H,8H2,1-3H3,(H,17,18)(H,20,21). The number of aromatic nitrogens is 2. The first kappa shape index (κ1) is 19.1. The van der Waals surface area contributed by atoms with E-state index in [0.29, 0.717) is 6.42 Å². The molecule has 1 aromatic carbocycles. The minimum absolute atomic E-state index is 0.395. The van der Waals surface area contributed by atoms with Crippen molar-refractivity contribution in [3.8, 4) is 0 Å². The molecule has 1 heterocycles. The van der Waals surface area contributed by atoms with E-state index in [0.717, 1.165) is 17.3 Å². The van der Waals surface area contributed by atoms with Crippen LogP contribution in [0.25, 0.3) is 0 Å². The average molecular weight is 367 g/mol. The third-order valence-corrected chi connectivity index (χ3v) is 5.35. The number of carboxylic acids is 1. The van der Waals surface area contributed by atoms with Crippen LogP contribution in [0.3, 0.4) is 0 Å². The number of methoxy groups -OCH3 is 1. The Morgan fingerprint density at radius 2 is 2.16 bits per heavy atom. The number of hydrogen-bond acceptors (Lipinski definition) is 5. The average Bonchev–Trinajstić information content (AvgIpc) is 3.04. The number of carboxylic acid groups (broad SMARTS) is 1. The lowest BCUT2D eigenvalue weighted by molar-refractivity contribution is 0.0692. The molecular formula is C16H21N3O5S. The number of aromatic amines is 1. The highest BCUT2D eigenvalue weighted by atomic mass is 32.2. The number of rotatable bonds is 8. The number of carbonyl (C=O) groups is 1. The van der Waals surface area contributed by atoms with Crippen molar-refractivity contribution in [2.75, 3.05) is 7.11 Å². The Balaban J connectivity index is 2.29. The quantitative estimate of drug-likeness (QED) is 0.647. The third kappa shape index (κ3) is 4.65. The summed E-state index contributed by atoms with van der Waals surface area (Å²) >= 11 is 0. The monoisotopic (exact) mass is 367 g/mol. The van der Waals surface area contributed by atoms with Crippen molar-refractivity contribution in [2.45, 2.75) is 37.4 Å². The second-order valence-electron chi connectivity index (χ2n) is 5.78. The van der Waals surface area contributed by atoms with Crippen LogP contribution in [0.5, 0.6) is 0 Å². The van der Waals surface area contributed by atoms with Gasteiger partial charge in [-0.05, 0) is 25.8 Å². The highest BCUT2D eigenvalue weighted by molar-refractivity contribution is 7.89. The molecule has 0 aliphatic rings. The van der Waals surface area contributed by atoms with E-state index >= 15 is 0 Å². The Bertz CT molecular complexity index is 847. The van der Waals surface area contributed by atoms with Crippen molar-refractivity contribution >= 4 is 16.0 Å². The maximum Gasteiger partial charge on any atom is 0.340 e. The van der Waals surface area contributed by atoms with Gasteiger partial charge in [0.25, 0.3) is 10.0 Å². The molecule has 0 spiro atoms. The Labute approximate surface area is 146 Å². The molecule has 0 bridgehead atoms. The van der Waals surface area contributed by atoms with Crippen LogP contribution in [-0.2, 0) is 21.2 Å². The molecule has 9 heteroatoms. The van der Waals surface area contributed by atoms with Crippen LogP contribution in [0.15, 0.2) is 35.5 Å². The molecule has 1 aromatic heterocycles. The molecule has 2 rings (SSSR count). The topological polar surface area (TPSA) is 121 Å². The molecule has 0 saturated heterocycles. The van der Waals surface area contributed by atoms with Gasteiger partial charge in [-0.25, -0.2) is 17.9 Å². The zero-order chi connectivity index (χ0) is 18.6. The van der Waals surface area contributed by atoms with Crippen molar-refractivity contribution in [3.63, 3.8) is 0 Å². The van der Waals surface area contributed by atoms with Gasteiger partial charge in [-0.15, -0.1) is 0 Å². The molecule has 0 aliphatic heterocycles. The van der Waals surface area contributed by atoms with Gasteiger partial charge in [-0.1, -0.05) is 29.8 Å². The summed E-state index contributed by atoms with van der Waals surface area (Å²) in [7, 11) is -2.62. The summed E-state index contributed by atoms with van der Waals surface area (Å²) in [5.74, 6) is -1.37. The fourth-order valence-corrected chi connectivity index (χ4v) is 3.84. The van der Waals surface area contributed by atoms with E-state index in [-0.39, 0.29) is 0 Å². The Kier molecular flexibility index (Phi) is 5.93. The zero-order valence-electron chi connectivity index (χ0n) is 14.2. The van der Waals surface area contributed by atoms with Crippen molar-refractivity contribution in [1.29, 1.82) is 0 Å². The third-order valence-electron chi connectivity index (χ3n) is 3.89. The summed E-state index contributed by atoms with van der Waals surface area (Å²) in [6.45, 7) is 3.69. The van der Waals surface area contributed by atoms with Gasteiger partial charge in [-0.3, -0.25) is 5.10 Å². The van der Waals surface area contributed by atoms with Gasteiger partial charge in [0.05, 0.1) is 18.3 Å². The van der Waals surface area contributed by atoms with Crippen molar-refractivity contribution in [1.82, 2.24) is 14.9 Å². The van der Waals surface area contributed by atoms with Gasteiger partial charge in [0.15, 0.2) is 5.03 Å². The van der Waals surface area contributed by atoms with Gasteiger partial charge in [0.1, 0.15) is 5.56 Å². The van der Waals surface area contributed by atoms with Gasteiger partial charge >= 0.3 is 5.97 Å². The zero-order valence-corrected chi connectivity index (χ0v) is 15.0. The first-order valence-electron chi connectivity index (χ1n) is 7.62. The fraction of sp³-hybridized carbons (Fsp3) is 0.375. The van der Waals surface area contributed by atoms with Crippen molar-refractivity contribution in [3.05, 3.63) is 47.2 Å². The van der Waals surface area contributed by atoms with Crippen LogP contribution in [0.1, 0.15) is 28.4 Å². The summed E-state index contributed by atoms with van der Waals surface area (Å²) in [6.07, 6.45) is 0.935. The number of nitrogens with one attached hydrogen (secondary N) is 2. The minimum Gasteiger partial charge on any atom is -0.478 e. The molecule has 2 unspecified atom stereocenters. The number of nitrogens with zero attached hydrogens (tertiary/aromatic N) is 1. The molecular weight excluding hydrogens is 346 g/mol. The summed E-state index contributed by atoms with van der Waals surface area (Å²) < 4.78 is 33.0. The van der Waals surface area contributed by atoms with Gasteiger partial charge in [-0.2, -0.15) is 5.10 Å². The molecule has 0 fully saturated rings. The van der Waals surface area contributed by atoms with E-state index < -0.39 is 38.7 Å². The predicted octanol–water partition coefficient (Wildman–Crippen LogP) is 1.34. The molecule has 0 radical (unpaired) electrons. The first-order valence-corrected chi connectivity index (χ1v) is 9.10. The number of aromatic carboxylic acids is 1. The van der Waals surface area contributed by atoms with Gasteiger partial charge < -0.3 is 9.84 Å². The maximum atomic E-state index is 12.6. The van der Waals surface area contributed by atoms with E-state index in [9.17, 15) is 13.2 Å².